The van der Waals surface area contributed by atoms with Crippen molar-refractivity contribution in [2.75, 3.05) is 11.9 Å². The quantitative estimate of drug-likeness (QED) is 0.609. The van der Waals surface area contributed by atoms with E-state index in [4.69, 9.17) is 0 Å². The van der Waals surface area contributed by atoms with E-state index in [1.807, 2.05) is 18.0 Å². The number of anilines is 1. The molecule has 90 valence electrons. The fourth-order valence-electron chi connectivity index (χ4n) is 1.14. The number of nitrogens with one attached hydrogen (secondary N) is 1. The van der Waals surface area contributed by atoms with Gasteiger partial charge in [0.2, 0.25) is 5.95 Å². The zero-order valence-electron chi connectivity index (χ0n) is 10.6. The van der Waals surface area contributed by atoms with Gasteiger partial charge in [0, 0.05) is 18.0 Å². The van der Waals surface area contributed by atoms with E-state index >= 15 is 0 Å². The van der Waals surface area contributed by atoms with E-state index in [2.05, 4.69) is 43.0 Å². The summed E-state index contributed by atoms with van der Waals surface area (Å²) >= 11 is 1.83. The molecule has 0 amide bonds. The summed E-state index contributed by atoms with van der Waals surface area (Å²) < 4.78 is 0. The van der Waals surface area contributed by atoms with Gasteiger partial charge >= 0.3 is 0 Å². The summed E-state index contributed by atoms with van der Waals surface area (Å²) in [4.78, 5) is 8.81. The van der Waals surface area contributed by atoms with Crippen LogP contribution in [-0.4, -0.2) is 21.8 Å². The standard InChI is InChI=1S/C12H21N3S/c1-5-7-13-12-14-8-9(3)11(15-12)16-10(4)6-2/h8,10H,5-7H2,1-4H3,(H,13,14,15). The van der Waals surface area contributed by atoms with Crippen LogP contribution in [0.5, 0.6) is 0 Å². The molecule has 1 unspecified atom stereocenters. The van der Waals surface area contributed by atoms with E-state index in [-0.39, 0.29) is 0 Å². The molecule has 1 aromatic rings. The summed E-state index contributed by atoms with van der Waals surface area (Å²) in [5.41, 5.74) is 1.16. The lowest BCUT2D eigenvalue weighted by molar-refractivity contribution is 0.890. The Morgan fingerprint density at radius 3 is 2.81 bits per heavy atom. The van der Waals surface area contributed by atoms with Crippen LogP contribution in [0.2, 0.25) is 0 Å². The predicted molar refractivity (Wildman–Crippen MR) is 71.2 cm³/mol. The Balaban J connectivity index is 2.73. The maximum Gasteiger partial charge on any atom is 0.223 e. The lowest BCUT2D eigenvalue weighted by Crippen LogP contribution is -2.06. The second-order valence-corrected chi connectivity index (χ2v) is 5.37. The molecule has 0 fully saturated rings. The Kier molecular flexibility index (Phi) is 5.60. The summed E-state index contributed by atoms with van der Waals surface area (Å²) in [5.74, 6) is 0.748. The van der Waals surface area contributed by atoms with Crippen molar-refractivity contribution in [1.29, 1.82) is 0 Å². The third kappa shape index (κ3) is 4.00. The van der Waals surface area contributed by atoms with E-state index in [0.717, 1.165) is 35.9 Å². The van der Waals surface area contributed by atoms with Gasteiger partial charge in [-0.15, -0.1) is 11.8 Å². The molecule has 0 bridgehead atoms. The van der Waals surface area contributed by atoms with Gasteiger partial charge in [0.1, 0.15) is 5.03 Å². The van der Waals surface area contributed by atoms with E-state index in [0.29, 0.717) is 5.25 Å². The average molecular weight is 239 g/mol. The van der Waals surface area contributed by atoms with Crippen molar-refractivity contribution in [3.8, 4) is 0 Å². The molecule has 0 aliphatic rings. The van der Waals surface area contributed by atoms with Crippen molar-refractivity contribution in [1.82, 2.24) is 9.97 Å². The van der Waals surface area contributed by atoms with Gasteiger partial charge in [0.05, 0.1) is 0 Å². The Labute approximate surface area is 102 Å². The maximum atomic E-state index is 4.54. The number of aromatic nitrogens is 2. The van der Waals surface area contributed by atoms with Crippen LogP contribution in [0.1, 0.15) is 39.2 Å². The molecule has 1 N–H and O–H groups in total. The zero-order chi connectivity index (χ0) is 12.0. The minimum Gasteiger partial charge on any atom is -0.354 e. The summed E-state index contributed by atoms with van der Waals surface area (Å²) in [5, 5.41) is 4.92. The second-order valence-electron chi connectivity index (χ2n) is 3.95. The molecule has 0 spiro atoms. The van der Waals surface area contributed by atoms with E-state index in [9.17, 15) is 0 Å². The van der Waals surface area contributed by atoms with Crippen LogP contribution < -0.4 is 5.32 Å². The van der Waals surface area contributed by atoms with Gasteiger partial charge in [0.25, 0.3) is 0 Å². The molecule has 0 aromatic carbocycles. The van der Waals surface area contributed by atoms with Crippen LogP contribution in [0.3, 0.4) is 0 Å². The van der Waals surface area contributed by atoms with Gasteiger partial charge in [-0.25, -0.2) is 9.97 Å². The molecule has 1 aromatic heterocycles. The largest absolute Gasteiger partial charge is 0.354 e. The molecule has 1 rings (SSSR count). The van der Waals surface area contributed by atoms with Crippen molar-refractivity contribution in [2.45, 2.75) is 50.8 Å². The van der Waals surface area contributed by atoms with Gasteiger partial charge in [-0.3, -0.25) is 0 Å². The Bertz CT molecular complexity index is 328. The molecule has 1 heterocycles. The molecular weight excluding hydrogens is 218 g/mol. The molecule has 0 saturated heterocycles. The third-order valence-electron chi connectivity index (χ3n) is 2.35. The van der Waals surface area contributed by atoms with Crippen molar-refractivity contribution in [3.63, 3.8) is 0 Å². The molecular formula is C12H21N3S. The third-order valence-corrected chi connectivity index (χ3v) is 3.72. The lowest BCUT2D eigenvalue weighted by atomic mass is 10.4. The van der Waals surface area contributed by atoms with Crippen LogP contribution in [-0.2, 0) is 0 Å². The molecule has 4 heteroatoms. The highest BCUT2D eigenvalue weighted by atomic mass is 32.2. The minimum absolute atomic E-state index is 0.604. The first-order valence-corrected chi connectivity index (χ1v) is 6.79. The molecule has 0 saturated carbocycles. The SMILES string of the molecule is CCCNc1ncc(C)c(SC(C)CC)n1. The van der Waals surface area contributed by atoms with Crippen LogP contribution in [0.15, 0.2) is 11.2 Å². The molecule has 0 radical (unpaired) electrons. The summed E-state index contributed by atoms with van der Waals surface area (Å²) in [7, 11) is 0. The molecule has 0 aliphatic carbocycles. The Morgan fingerprint density at radius 1 is 1.44 bits per heavy atom. The zero-order valence-corrected chi connectivity index (χ0v) is 11.4. The second kappa shape index (κ2) is 6.74. The Morgan fingerprint density at radius 2 is 2.19 bits per heavy atom. The van der Waals surface area contributed by atoms with E-state index in [1.165, 1.54) is 0 Å². The first kappa shape index (κ1) is 13.3. The molecule has 1 atom stereocenters. The molecule has 16 heavy (non-hydrogen) atoms. The van der Waals surface area contributed by atoms with Crippen LogP contribution >= 0.6 is 11.8 Å². The fourth-order valence-corrected chi connectivity index (χ4v) is 2.07. The smallest absolute Gasteiger partial charge is 0.223 e. The van der Waals surface area contributed by atoms with Crippen LogP contribution in [0.25, 0.3) is 0 Å². The maximum absolute atomic E-state index is 4.54. The lowest BCUT2D eigenvalue weighted by Gasteiger charge is -2.11. The van der Waals surface area contributed by atoms with Crippen molar-refractivity contribution >= 4 is 17.7 Å². The minimum atomic E-state index is 0.604. The van der Waals surface area contributed by atoms with Gasteiger partial charge in [-0.1, -0.05) is 20.8 Å². The Hall–Kier alpha value is -0.770. The number of thioether (sulfide) groups is 1. The average Bonchev–Trinajstić information content (AvgIpc) is 2.30. The normalized spacial score (nSPS) is 12.5. The van der Waals surface area contributed by atoms with E-state index in [1.54, 1.807) is 0 Å². The number of aryl methyl sites for hydroxylation is 1. The summed E-state index contributed by atoms with van der Waals surface area (Å²) in [6.07, 6.45) is 4.15. The highest BCUT2D eigenvalue weighted by Crippen LogP contribution is 2.26. The van der Waals surface area contributed by atoms with Gasteiger partial charge in [-0.2, -0.15) is 0 Å². The highest BCUT2D eigenvalue weighted by Gasteiger charge is 2.08. The van der Waals surface area contributed by atoms with Gasteiger partial charge in [-0.05, 0) is 25.3 Å². The first-order chi connectivity index (χ1) is 7.67. The van der Waals surface area contributed by atoms with Crippen LogP contribution in [0, 0.1) is 6.92 Å². The molecule has 3 nitrogen and oxygen atoms in total. The topological polar surface area (TPSA) is 37.8 Å². The van der Waals surface area contributed by atoms with Crippen molar-refractivity contribution in [2.24, 2.45) is 0 Å². The number of rotatable bonds is 6. The number of hydrogen-bond donors (Lipinski definition) is 1. The van der Waals surface area contributed by atoms with E-state index < -0.39 is 0 Å². The van der Waals surface area contributed by atoms with Crippen molar-refractivity contribution in [3.05, 3.63) is 11.8 Å². The monoisotopic (exact) mass is 239 g/mol. The number of nitrogens with zero attached hydrogens (tertiary/aromatic N) is 2. The highest BCUT2D eigenvalue weighted by molar-refractivity contribution is 7.99. The molecule has 0 aliphatic heterocycles. The first-order valence-electron chi connectivity index (χ1n) is 5.91. The number of hydrogen-bond acceptors (Lipinski definition) is 4. The van der Waals surface area contributed by atoms with Crippen LogP contribution in [0.4, 0.5) is 5.95 Å². The summed E-state index contributed by atoms with van der Waals surface area (Å²) in [6.45, 7) is 9.55. The predicted octanol–water partition coefficient (Wildman–Crippen LogP) is 3.50. The van der Waals surface area contributed by atoms with Gasteiger partial charge < -0.3 is 5.32 Å². The fraction of sp³-hybridized carbons (Fsp3) is 0.667. The van der Waals surface area contributed by atoms with Gasteiger partial charge in [0.15, 0.2) is 0 Å². The van der Waals surface area contributed by atoms with Crippen molar-refractivity contribution < 1.29 is 0 Å². The summed E-state index contributed by atoms with van der Waals surface area (Å²) in [6, 6.07) is 0.